The molecule has 0 aromatic heterocycles. The molecular formula is C23H30ClN3O2. The highest BCUT2D eigenvalue weighted by Gasteiger charge is 2.16. The lowest BCUT2D eigenvalue weighted by atomic mass is 9.93. The number of halogens is 1. The molecule has 0 atom stereocenters. The van der Waals surface area contributed by atoms with Crippen LogP contribution in [0.2, 0.25) is 0 Å². The minimum absolute atomic E-state index is 0. The predicted molar refractivity (Wildman–Crippen MR) is 119 cm³/mol. The highest BCUT2D eigenvalue weighted by Crippen LogP contribution is 2.20. The quantitative estimate of drug-likeness (QED) is 0.638. The van der Waals surface area contributed by atoms with E-state index in [2.05, 4.69) is 16.0 Å². The Morgan fingerprint density at radius 3 is 2.45 bits per heavy atom. The molecule has 2 aromatic carbocycles. The van der Waals surface area contributed by atoms with E-state index in [1.54, 1.807) is 12.1 Å². The maximum Gasteiger partial charge on any atom is 0.253 e. The third-order valence-corrected chi connectivity index (χ3v) is 5.26. The molecular weight excluding hydrogens is 386 g/mol. The highest BCUT2D eigenvalue weighted by atomic mass is 35.5. The summed E-state index contributed by atoms with van der Waals surface area (Å²) in [6.45, 7) is 4.57. The normalized spacial score (nSPS) is 14.0. The van der Waals surface area contributed by atoms with Crippen molar-refractivity contribution in [1.29, 1.82) is 0 Å². The lowest BCUT2D eigenvalue weighted by molar-refractivity contribution is -0.116. The molecule has 29 heavy (non-hydrogen) atoms. The Morgan fingerprint density at radius 1 is 1.03 bits per heavy atom. The van der Waals surface area contributed by atoms with Crippen LogP contribution >= 0.6 is 12.4 Å². The van der Waals surface area contributed by atoms with Crippen LogP contribution in [0, 0.1) is 12.8 Å². The maximum atomic E-state index is 12.6. The van der Waals surface area contributed by atoms with E-state index in [0.29, 0.717) is 30.1 Å². The molecule has 156 valence electrons. The summed E-state index contributed by atoms with van der Waals surface area (Å²) >= 11 is 0. The van der Waals surface area contributed by atoms with Gasteiger partial charge in [0.25, 0.3) is 5.91 Å². The number of benzene rings is 2. The van der Waals surface area contributed by atoms with Gasteiger partial charge in [0.15, 0.2) is 0 Å². The van der Waals surface area contributed by atoms with E-state index >= 15 is 0 Å². The van der Waals surface area contributed by atoms with Gasteiger partial charge in [-0.25, -0.2) is 0 Å². The number of nitrogens with one attached hydrogen (secondary N) is 3. The number of aryl methyl sites for hydroxylation is 1. The number of para-hydroxylation sites is 1. The van der Waals surface area contributed by atoms with Gasteiger partial charge in [0, 0.05) is 13.0 Å². The molecule has 6 heteroatoms. The molecule has 5 nitrogen and oxygen atoms in total. The zero-order valence-electron chi connectivity index (χ0n) is 16.9. The summed E-state index contributed by atoms with van der Waals surface area (Å²) in [7, 11) is 0. The van der Waals surface area contributed by atoms with Crippen LogP contribution in [0.5, 0.6) is 0 Å². The lowest BCUT2D eigenvalue weighted by Crippen LogP contribution is -2.28. The van der Waals surface area contributed by atoms with Crippen molar-refractivity contribution in [3.05, 3.63) is 65.2 Å². The van der Waals surface area contributed by atoms with Crippen molar-refractivity contribution >= 4 is 29.9 Å². The molecule has 1 aliphatic rings. The summed E-state index contributed by atoms with van der Waals surface area (Å²) in [5.74, 6) is 0.396. The minimum atomic E-state index is -0.185. The Balaban J connectivity index is 0.00000300. The monoisotopic (exact) mass is 415 g/mol. The van der Waals surface area contributed by atoms with Crippen LogP contribution in [-0.4, -0.2) is 24.9 Å². The molecule has 0 unspecified atom stereocenters. The van der Waals surface area contributed by atoms with E-state index in [1.807, 2.05) is 43.3 Å². The number of piperidine rings is 1. The van der Waals surface area contributed by atoms with Gasteiger partial charge in [0.2, 0.25) is 5.91 Å². The van der Waals surface area contributed by atoms with Crippen molar-refractivity contribution in [1.82, 2.24) is 10.6 Å². The van der Waals surface area contributed by atoms with Gasteiger partial charge < -0.3 is 16.0 Å². The summed E-state index contributed by atoms with van der Waals surface area (Å²) in [5.41, 5.74) is 3.29. The first-order valence-electron chi connectivity index (χ1n) is 10.0. The Morgan fingerprint density at radius 2 is 1.72 bits per heavy atom. The minimum Gasteiger partial charge on any atom is -0.348 e. The second-order valence-electron chi connectivity index (χ2n) is 7.49. The number of amides is 2. The third kappa shape index (κ3) is 7.18. The van der Waals surface area contributed by atoms with E-state index in [1.165, 1.54) is 5.56 Å². The Kier molecular flexibility index (Phi) is 9.16. The van der Waals surface area contributed by atoms with Crippen LogP contribution in [0.1, 0.15) is 47.2 Å². The maximum absolute atomic E-state index is 12.6. The Bertz CT molecular complexity index is 802. The van der Waals surface area contributed by atoms with Crippen molar-refractivity contribution in [2.75, 3.05) is 18.4 Å². The van der Waals surface area contributed by atoms with Crippen molar-refractivity contribution in [3.63, 3.8) is 0 Å². The highest BCUT2D eigenvalue weighted by molar-refractivity contribution is 6.03. The van der Waals surface area contributed by atoms with Gasteiger partial charge in [-0.2, -0.15) is 0 Å². The number of hydrogen-bond acceptors (Lipinski definition) is 3. The van der Waals surface area contributed by atoms with Gasteiger partial charge in [-0.1, -0.05) is 42.0 Å². The first-order valence-corrected chi connectivity index (χ1v) is 10.0. The van der Waals surface area contributed by atoms with Crippen LogP contribution in [0.4, 0.5) is 5.69 Å². The average molecular weight is 416 g/mol. The van der Waals surface area contributed by atoms with Gasteiger partial charge in [0.05, 0.1) is 11.3 Å². The fourth-order valence-corrected chi connectivity index (χ4v) is 3.49. The first-order chi connectivity index (χ1) is 13.6. The second kappa shape index (κ2) is 11.6. The molecule has 1 fully saturated rings. The van der Waals surface area contributed by atoms with Crippen LogP contribution in [0.3, 0.4) is 0 Å². The average Bonchev–Trinajstić information content (AvgIpc) is 2.73. The summed E-state index contributed by atoms with van der Waals surface area (Å²) in [5, 5.41) is 9.20. The van der Waals surface area contributed by atoms with Crippen molar-refractivity contribution in [3.8, 4) is 0 Å². The largest absolute Gasteiger partial charge is 0.348 e. The van der Waals surface area contributed by atoms with E-state index in [4.69, 9.17) is 0 Å². The molecule has 0 aliphatic carbocycles. The van der Waals surface area contributed by atoms with Gasteiger partial charge in [-0.3, -0.25) is 9.59 Å². The standard InChI is InChI=1S/C23H29N3O2.ClH/c1-17-6-8-19(9-7-17)16-25-23(28)20-4-2-3-5-21(20)26-22(27)11-10-18-12-14-24-15-13-18;/h2-9,18,24H,10-16H2,1H3,(H,25,28)(H,26,27);1H. The Labute approximate surface area is 179 Å². The van der Waals surface area contributed by atoms with Crippen molar-refractivity contribution in [2.45, 2.75) is 39.2 Å². The zero-order chi connectivity index (χ0) is 19.8. The predicted octanol–water partition coefficient (Wildman–Crippen LogP) is 4.07. The molecule has 2 aromatic rings. The molecule has 1 heterocycles. The number of anilines is 1. The summed E-state index contributed by atoms with van der Waals surface area (Å²) in [4.78, 5) is 25.0. The first kappa shape index (κ1) is 22.9. The smallest absolute Gasteiger partial charge is 0.253 e. The van der Waals surface area contributed by atoms with Crippen molar-refractivity contribution < 1.29 is 9.59 Å². The molecule has 0 spiro atoms. The van der Waals surface area contributed by atoms with Crippen molar-refractivity contribution in [2.24, 2.45) is 5.92 Å². The molecule has 3 rings (SSSR count). The molecule has 1 aliphatic heterocycles. The zero-order valence-corrected chi connectivity index (χ0v) is 17.7. The fourth-order valence-electron chi connectivity index (χ4n) is 3.49. The van der Waals surface area contributed by atoms with Crippen LogP contribution in [0.25, 0.3) is 0 Å². The number of rotatable bonds is 7. The summed E-state index contributed by atoms with van der Waals surface area (Å²) < 4.78 is 0. The van der Waals surface area contributed by atoms with Crippen LogP contribution in [0.15, 0.2) is 48.5 Å². The van der Waals surface area contributed by atoms with Gasteiger partial charge >= 0.3 is 0 Å². The van der Waals surface area contributed by atoms with Crippen LogP contribution in [-0.2, 0) is 11.3 Å². The van der Waals surface area contributed by atoms with Crippen LogP contribution < -0.4 is 16.0 Å². The van der Waals surface area contributed by atoms with Gasteiger partial charge in [0.1, 0.15) is 0 Å². The second-order valence-corrected chi connectivity index (χ2v) is 7.49. The van der Waals surface area contributed by atoms with E-state index < -0.39 is 0 Å². The molecule has 0 saturated carbocycles. The Hall–Kier alpha value is -2.37. The number of hydrogen-bond donors (Lipinski definition) is 3. The molecule has 1 saturated heterocycles. The van der Waals surface area contributed by atoms with E-state index in [0.717, 1.165) is 37.9 Å². The SMILES string of the molecule is Cc1ccc(CNC(=O)c2ccccc2NC(=O)CCC2CCNCC2)cc1.Cl. The van der Waals surface area contributed by atoms with E-state index in [9.17, 15) is 9.59 Å². The third-order valence-electron chi connectivity index (χ3n) is 5.26. The summed E-state index contributed by atoms with van der Waals surface area (Å²) in [6.07, 6.45) is 3.65. The molecule has 2 amide bonds. The topological polar surface area (TPSA) is 70.2 Å². The number of carbonyl (C=O) groups is 2. The molecule has 3 N–H and O–H groups in total. The number of carbonyl (C=O) groups excluding carboxylic acids is 2. The molecule has 0 bridgehead atoms. The summed E-state index contributed by atoms with van der Waals surface area (Å²) in [6, 6.07) is 15.2. The fraction of sp³-hybridized carbons (Fsp3) is 0.391. The van der Waals surface area contributed by atoms with Gasteiger partial charge in [-0.05, 0) is 62.9 Å². The lowest BCUT2D eigenvalue weighted by Gasteiger charge is -2.22. The van der Waals surface area contributed by atoms with E-state index in [-0.39, 0.29) is 24.2 Å². The molecule has 0 radical (unpaired) electrons. The van der Waals surface area contributed by atoms with Gasteiger partial charge in [-0.15, -0.1) is 12.4 Å².